The number of rotatable bonds is 6. The van der Waals surface area contributed by atoms with Gasteiger partial charge in [0.05, 0.1) is 6.04 Å². The molecule has 1 saturated carbocycles. The number of hydrogen-bond acceptors (Lipinski definition) is 1. The third kappa shape index (κ3) is 3.99. The van der Waals surface area contributed by atoms with Crippen molar-refractivity contribution in [2.45, 2.75) is 50.6 Å². The topological polar surface area (TPSA) is 20.3 Å². The zero-order valence-corrected chi connectivity index (χ0v) is 17.5. The molecule has 0 saturated heterocycles. The van der Waals surface area contributed by atoms with Gasteiger partial charge in [-0.25, -0.2) is 0 Å². The van der Waals surface area contributed by atoms with Crippen LogP contribution >= 0.6 is 23.2 Å². The summed E-state index contributed by atoms with van der Waals surface area (Å²) in [5, 5.41) is 1.43. The number of carbonyl (C=O) groups is 1. The summed E-state index contributed by atoms with van der Waals surface area (Å²) in [6, 6.07) is 16.2. The lowest BCUT2D eigenvalue weighted by molar-refractivity contribution is -0.133. The Bertz CT molecular complexity index is 872. The molecule has 4 heteroatoms. The first-order chi connectivity index (χ1) is 13.6. The smallest absolute Gasteiger partial charge is 0.247 e. The van der Waals surface area contributed by atoms with Crippen LogP contribution in [0.5, 0.6) is 0 Å². The summed E-state index contributed by atoms with van der Waals surface area (Å²) in [5.74, 6) is 0.796. The maximum atomic E-state index is 13.1. The fourth-order valence-corrected chi connectivity index (χ4v) is 4.80. The molecule has 1 unspecified atom stereocenters. The summed E-state index contributed by atoms with van der Waals surface area (Å²) in [5.41, 5.74) is 2.25. The van der Waals surface area contributed by atoms with Gasteiger partial charge in [-0.1, -0.05) is 66.9 Å². The van der Waals surface area contributed by atoms with Crippen LogP contribution < -0.4 is 0 Å². The van der Waals surface area contributed by atoms with Gasteiger partial charge in [0.15, 0.2) is 0 Å². The second-order valence-corrected chi connectivity index (χ2v) is 8.75. The number of amides is 1. The lowest BCUT2D eigenvalue weighted by atomic mass is 9.82. The third-order valence-electron chi connectivity index (χ3n) is 5.89. The van der Waals surface area contributed by atoms with Crippen LogP contribution in [0.3, 0.4) is 0 Å². The second-order valence-electron chi connectivity index (χ2n) is 7.88. The highest BCUT2D eigenvalue weighted by Crippen LogP contribution is 2.47. The molecule has 1 amide bonds. The standard InChI is InChI=1S/C24H25Cl2NO/c1-2-4-22(16-7-8-16)27-23(28)14-13-21(18-5-3-6-20(26)15-18)24(27)17-9-11-19(25)12-10-17/h3,5-6,9-16,21-22,24H,2,4,7-8H2,1H3/t21-,22?,24-/m1/s1. The van der Waals surface area contributed by atoms with Gasteiger partial charge in [-0.15, -0.1) is 0 Å². The predicted molar refractivity (Wildman–Crippen MR) is 116 cm³/mol. The van der Waals surface area contributed by atoms with Gasteiger partial charge in [0.2, 0.25) is 5.91 Å². The first-order valence-electron chi connectivity index (χ1n) is 10.1. The Balaban J connectivity index is 1.81. The van der Waals surface area contributed by atoms with Gasteiger partial charge >= 0.3 is 0 Å². The first kappa shape index (κ1) is 19.5. The zero-order valence-electron chi connectivity index (χ0n) is 16.0. The van der Waals surface area contributed by atoms with E-state index in [9.17, 15) is 4.79 Å². The molecule has 1 fully saturated rings. The normalized spacial score (nSPS) is 23.1. The number of halogens is 2. The maximum Gasteiger partial charge on any atom is 0.247 e. The molecule has 146 valence electrons. The fourth-order valence-electron chi connectivity index (χ4n) is 4.47. The van der Waals surface area contributed by atoms with Crippen molar-refractivity contribution < 1.29 is 4.79 Å². The molecule has 1 aliphatic carbocycles. The molecule has 28 heavy (non-hydrogen) atoms. The molecule has 0 bridgehead atoms. The number of carbonyl (C=O) groups excluding carboxylic acids is 1. The first-order valence-corrected chi connectivity index (χ1v) is 10.9. The highest BCUT2D eigenvalue weighted by atomic mass is 35.5. The molecule has 2 aromatic rings. The Morgan fingerprint density at radius 3 is 2.43 bits per heavy atom. The lowest BCUT2D eigenvalue weighted by Crippen LogP contribution is -2.47. The van der Waals surface area contributed by atoms with E-state index in [1.165, 1.54) is 12.8 Å². The molecule has 2 nitrogen and oxygen atoms in total. The van der Waals surface area contributed by atoms with E-state index in [4.69, 9.17) is 23.2 Å². The van der Waals surface area contributed by atoms with Crippen LogP contribution in [0, 0.1) is 5.92 Å². The summed E-state index contributed by atoms with van der Waals surface area (Å²) in [6.07, 6.45) is 8.34. The van der Waals surface area contributed by atoms with E-state index >= 15 is 0 Å². The quantitative estimate of drug-likeness (QED) is 0.509. The van der Waals surface area contributed by atoms with E-state index in [0.717, 1.165) is 29.0 Å². The zero-order chi connectivity index (χ0) is 19.7. The summed E-state index contributed by atoms with van der Waals surface area (Å²) in [6.45, 7) is 2.20. The van der Waals surface area contributed by atoms with Gasteiger partial charge in [0.1, 0.15) is 0 Å². The van der Waals surface area contributed by atoms with E-state index in [0.29, 0.717) is 10.9 Å². The summed E-state index contributed by atoms with van der Waals surface area (Å²) < 4.78 is 0. The molecule has 1 heterocycles. The summed E-state index contributed by atoms with van der Waals surface area (Å²) in [7, 11) is 0. The van der Waals surface area contributed by atoms with Crippen molar-refractivity contribution >= 4 is 29.1 Å². The van der Waals surface area contributed by atoms with Gasteiger partial charge in [0.25, 0.3) is 0 Å². The minimum Gasteiger partial charge on any atom is -0.328 e. The lowest BCUT2D eigenvalue weighted by Gasteiger charge is -2.44. The molecule has 0 aromatic heterocycles. The molecule has 0 N–H and O–H groups in total. The average Bonchev–Trinajstić information content (AvgIpc) is 3.52. The number of benzene rings is 2. The molecule has 1 aliphatic heterocycles. The van der Waals surface area contributed by atoms with Crippen LogP contribution in [-0.2, 0) is 4.79 Å². The highest BCUT2D eigenvalue weighted by molar-refractivity contribution is 6.30. The van der Waals surface area contributed by atoms with Crippen molar-refractivity contribution in [2.75, 3.05) is 0 Å². The van der Waals surface area contributed by atoms with Crippen molar-refractivity contribution in [3.63, 3.8) is 0 Å². The Morgan fingerprint density at radius 2 is 1.79 bits per heavy atom. The third-order valence-corrected chi connectivity index (χ3v) is 6.38. The van der Waals surface area contributed by atoms with Gasteiger partial charge in [0, 0.05) is 22.0 Å². The van der Waals surface area contributed by atoms with Gasteiger partial charge in [-0.05, 0) is 66.6 Å². The number of hydrogen-bond donors (Lipinski definition) is 0. The molecule has 2 aliphatic rings. The molecule has 0 spiro atoms. The average molecular weight is 414 g/mol. The largest absolute Gasteiger partial charge is 0.328 e. The van der Waals surface area contributed by atoms with Gasteiger partial charge < -0.3 is 4.90 Å². The van der Waals surface area contributed by atoms with Crippen molar-refractivity contribution in [3.05, 3.63) is 81.9 Å². The maximum absolute atomic E-state index is 13.1. The van der Waals surface area contributed by atoms with Crippen molar-refractivity contribution in [3.8, 4) is 0 Å². The Kier molecular flexibility index (Phi) is 5.80. The second kappa shape index (κ2) is 8.31. The van der Waals surface area contributed by atoms with Crippen LogP contribution in [0.2, 0.25) is 10.0 Å². The van der Waals surface area contributed by atoms with Crippen LogP contribution in [0.25, 0.3) is 0 Å². The van der Waals surface area contributed by atoms with E-state index in [2.05, 4.69) is 30.0 Å². The Hall–Kier alpha value is -1.77. The fraction of sp³-hybridized carbons (Fsp3) is 0.375. The molecule has 4 rings (SSSR count). The number of nitrogens with zero attached hydrogens (tertiary/aromatic N) is 1. The van der Waals surface area contributed by atoms with Crippen LogP contribution in [-0.4, -0.2) is 16.8 Å². The summed E-state index contributed by atoms with van der Waals surface area (Å²) >= 11 is 12.4. The molecular weight excluding hydrogens is 389 g/mol. The van der Waals surface area contributed by atoms with E-state index in [1.807, 2.05) is 36.4 Å². The molecule has 0 radical (unpaired) electrons. The van der Waals surface area contributed by atoms with Gasteiger partial charge in [-0.3, -0.25) is 4.79 Å². The van der Waals surface area contributed by atoms with Crippen molar-refractivity contribution in [1.82, 2.24) is 4.90 Å². The summed E-state index contributed by atoms with van der Waals surface area (Å²) in [4.78, 5) is 15.3. The minimum atomic E-state index is -0.0506. The molecular formula is C24H25Cl2NO. The van der Waals surface area contributed by atoms with E-state index < -0.39 is 0 Å². The minimum absolute atomic E-state index is 0.0506. The Morgan fingerprint density at radius 1 is 1.04 bits per heavy atom. The highest BCUT2D eigenvalue weighted by Gasteiger charge is 2.43. The molecule has 2 aromatic carbocycles. The van der Waals surface area contributed by atoms with Crippen LogP contribution in [0.1, 0.15) is 55.7 Å². The van der Waals surface area contributed by atoms with Crippen LogP contribution in [0.4, 0.5) is 0 Å². The van der Waals surface area contributed by atoms with Crippen molar-refractivity contribution in [1.29, 1.82) is 0 Å². The van der Waals surface area contributed by atoms with E-state index in [1.54, 1.807) is 6.08 Å². The van der Waals surface area contributed by atoms with Gasteiger partial charge in [-0.2, -0.15) is 0 Å². The Labute approximate surface area is 177 Å². The monoisotopic (exact) mass is 413 g/mol. The van der Waals surface area contributed by atoms with Crippen molar-refractivity contribution in [2.24, 2.45) is 5.92 Å². The van der Waals surface area contributed by atoms with E-state index in [-0.39, 0.29) is 23.9 Å². The van der Waals surface area contributed by atoms with Crippen LogP contribution in [0.15, 0.2) is 60.7 Å². The molecule has 3 atom stereocenters. The SMILES string of the molecule is CCCC(C1CC1)N1C(=O)C=C[C@H](c2cccc(Cl)c2)[C@H]1c1ccc(Cl)cc1. The predicted octanol–water partition coefficient (Wildman–Crippen LogP) is 6.80.